The summed E-state index contributed by atoms with van der Waals surface area (Å²) in [6, 6.07) is 8.68. The number of carbonyl (C=O) groups is 1. The molecule has 2 aliphatic rings. The number of aryl methyl sites for hydroxylation is 2. The molecule has 220 valence electrons. The van der Waals surface area contributed by atoms with Crippen LogP contribution in [0.5, 0.6) is 0 Å². The molecular formula is C33H48F2N4O. The summed E-state index contributed by atoms with van der Waals surface area (Å²) < 4.78 is 28.6. The van der Waals surface area contributed by atoms with Crippen molar-refractivity contribution in [2.45, 2.75) is 90.8 Å². The fraction of sp³-hybridized carbons (Fsp3) is 0.606. The van der Waals surface area contributed by atoms with Crippen LogP contribution in [0.3, 0.4) is 0 Å². The van der Waals surface area contributed by atoms with Crippen LogP contribution in [-0.2, 0) is 4.79 Å². The molecule has 2 aromatic carbocycles. The van der Waals surface area contributed by atoms with E-state index in [4.69, 9.17) is 5.73 Å². The maximum absolute atomic E-state index is 14.9. The molecule has 4 rings (SSSR count). The third-order valence-electron chi connectivity index (χ3n) is 9.11. The molecule has 5 nitrogen and oxygen atoms in total. The van der Waals surface area contributed by atoms with Gasteiger partial charge in [-0.1, -0.05) is 18.2 Å². The lowest BCUT2D eigenvalue weighted by molar-refractivity contribution is -0.136. The van der Waals surface area contributed by atoms with Gasteiger partial charge in [0.2, 0.25) is 5.91 Å². The Balaban J connectivity index is 1.52. The Bertz CT molecular complexity index is 1200. The highest BCUT2D eigenvalue weighted by Crippen LogP contribution is 2.40. The van der Waals surface area contributed by atoms with Crippen LogP contribution in [-0.4, -0.2) is 60.0 Å². The number of hydrogen-bond acceptors (Lipinski definition) is 4. The van der Waals surface area contributed by atoms with Gasteiger partial charge in [0.15, 0.2) is 0 Å². The lowest BCUT2D eigenvalue weighted by Gasteiger charge is -2.36. The van der Waals surface area contributed by atoms with E-state index in [0.29, 0.717) is 37.7 Å². The van der Waals surface area contributed by atoms with Gasteiger partial charge in [-0.25, -0.2) is 8.78 Å². The number of halogens is 2. The van der Waals surface area contributed by atoms with Gasteiger partial charge in [-0.3, -0.25) is 9.69 Å². The molecule has 0 aromatic heterocycles. The van der Waals surface area contributed by atoms with Crippen LogP contribution in [0.4, 0.5) is 8.78 Å². The summed E-state index contributed by atoms with van der Waals surface area (Å²) in [5, 5.41) is 3.58. The SMILES string of the molecule is Cc1cc(C2CCN(C(=O)[C@@H]3CN(C(C)(C)C)C[C@H]3c3ccc(F)cc3F)CC2)c([C@@H](C)NC[C@H](C)N)cc1C. The minimum atomic E-state index is -0.593. The Labute approximate surface area is 239 Å². The third kappa shape index (κ3) is 6.75. The van der Waals surface area contributed by atoms with Crippen LogP contribution < -0.4 is 11.1 Å². The van der Waals surface area contributed by atoms with Crippen LogP contribution in [0.25, 0.3) is 0 Å². The first kappa shape index (κ1) is 30.6. The number of benzene rings is 2. The van der Waals surface area contributed by atoms with Crippen molar-refractivity contribution in [3.63, 3.8) is 0 Å². The van der Waals surface area contributed by atoms with E-state index in [2.05, 4.69) is 63.9 Å². The van der Waals surface area contributed by atoms with Gasteiger partial charge < -0.3 is 16.0 Å². The topological polar surface area (TPSA) is 61.6 Å². The number of amides is 1. The van der Waals surface area contributed by atoms with Gasteiger partial charge in [-0.2, -0.15) is 0 Å². The average Bonchev–Trinajstić information content (AvgIpc) is 3.34. The van der Waals surface area contributed by atoms with Crippen LogP contribution in [0.15, 0.2) is 30.3 Å². The molecule has 0 spiro atoms. The Hall–Kier alpha value is -2.35. The van der Waals surface area contributed by atoms with E-state index in [-0.39, 0.29) is 35.4 Å². The molecule has 2 fully saturated rings. The molecule has 7 heteroatoms. The predicted octanol–water partition coefficient (Wildman–Crippen LogP) is 5.80. The van der Waals surface area contributed by atoms with Gasteiger partial charge in [0.05, 0.1) is 5.92 Å². The van der Waals surface area contributed by atoms with Crippen molar-refractivity contribution in [1.29, 1.82) is 0 Å². The molecule has 2 heterocycles. The molecule has 0 saturated carbocycles. The minimum absolute atomic E-state index is 0.0868. The van der Waals surface area contributed by atoms with Crippen molar-refractivity contribution in [3.8, 4) is 0 Å². The summed E-state index contributed by atoms with van der Waals surface area (Å²) >= 11 is 0. The second-order valence-corrected chi connectivity index (χ2v) is 13.2. The van der Waals surface area contributed by atoms with E-state index >= 15 is 0 Å². The zero-order chi connectivity index (χ0) is 29.4. The van der Waals surface area contributed by atoms with Crippen LogP contribution in [0.1, 0.15) is 93.2 Å². The number of carbonyl (C=O) groups excluding carboxylic acids is 1. The molecule has 1 amide bonds. The molecule has 2 aromatic rings. The largest absolute Gasteiger partial charge is 0.342 e. The summed E-state index contributed by atoms with van der Waals surface area (Å²) in [6.45, 7) is 18.2. The normalized spacial score (nSPS) is 22.5. The first-order valence-corrected chi connectivity index (χ1v) is 14.8. The number of nitrogens with two attached hydrogens (primary N) is 1. The molecule has 0 unspecified atom stereocenters. The molecule has 2 aliphatic heterocycles. The summed E-state index contributed by atoms with van der Waals surface area (Å²) in [5.74, 6) is -1.34. The molecule has 2 saturated heterocycles. The van der Waals surface area contributed by atoms with Crippen molar-refractivity contribution < 1.29 is 13.6 Å². The standard InChI is InChI=1S/C33H48F2N4O/c1-20-14-27(23(4)37-17-22(3)36)28(15-21(20)2)24-10-12-38(13-11-24)32(40)30-19-39(33(5,6)7)18-29(30)26-9-8-25(34)16-31(26)35/h8-9,14-16,22-24,29-30,37H,10-13,17-19,36H2,1-7H3/t22-,23+,29-,30+/m0/s1. The van der Waals surface area contributed by atoms with Gasteiger partial charge in [0.1, 0.15) is 11.6 Å². The van der Waals surface area contributed by atoms with Crippen molar-refractivity contribution in [3.05, 3.63) is 69.8 Å². The lowest BCUT2D eigenvalue weighted by Crippen LogP contribution is -2.44. The molecular weight excluding hydrogens is 506 g/mol. The molecule has 3 N–H and O–H groups in total. The molecule has 4 atom stereocenters. The Morgan fingerprint density at radius 2 is 1.68 bits per heavy atom. The second-order valence-electron chi connectivity index (χ2n) is 13.2. The highest BCUT2D eigenvalue weighted by atomic mass is 19.1. The first-order chi connectivity index (χ1) is 18.8. The number of nitrogens with zero attached hydrogens (tertiary/aromatic N) is 2. The average molecular weight is 555 g/mol. The summed E-state index contributed by atoms with van der Waals surface area (Å²) in [5.41, 5.74) is 11.5. The van der Waals surface area contributed by atoms with Crippen molar-refractivity contribution in [1.82, 2.24) is 15.1 Å². The van der Waals surface area contributed by atoms with E-state index in [0.717, 1.165) is 25.5 Å². The fourth-order valence-corrected chi connectivity index (χ4v) is 6.43. The fourth-order valence-electron chi connectivity index (χ4n) is 6.43. The van der Waals surface area contributed by atoms with Crippen molar-refractivity contribution in [2.75, 3.05) is 32.7 Å². The minimum Gasteiger partial charge on any atom is -0.342 e. The quantitative estimate of drug-likeness (QED) is 0.454. The number of rotatable bonds is 7. The maximum Gasteiger partial charge on any atom is 0.227 e. The van der Waals surface area contributed by atoms with Gasteiger partial charge in [-0.05, 0) is 101 Å². The lowest BCUT2D eigenvalue weighted by atomic mass is 9.82. The molecule has 0 radical (unpaired) electrons. The Morgan fingerprint density at radius 1 is 1.02 bits per heavy atom. The molecule has 0 aliphatic carbocycles. The van der Waals surface area contributed by atoms with E-state index in [1.807, 2.05) is 11.8 Å². The van der Waals surface area contributed by atoms with Crippen LogP contribution >= 0.6 is 0 Å². The third-order valence-corrected chi connectivity index (χ3v) is 9.11. The first-order valence-electron chi connectivity index (χ1n) is 14.8. The maximum atomic E-state index is 14.9. The van der Waals surface area contributed by atoms with Crippen molar-refractivity contribution in [2.24, 2.45) is 11.7 Å². The highest BCUT2D eigenvalue weighted by Gasteiger charge is 2.44. The molecule has 0 bridgehead atoms. The Kier molecular flexibility index (Phi) is 9.38. The summed E-state index contributed by atoms with van der Waals surface area (Å²) in [7, 11) is 0. The summed E-state index contributed by atoms with van der Waals surface area (Å²) in [6.07, 6.45) is 1.79. The number of piperidine rings is 1. The highest BCUT2D eigenvalue weighted by molar-refractivity contribution is 5.81. The van der Waals surface area contributed by atoms with E-state index in [1.165, 1.54) is 34.4 Å². The Morgan fingerprint density at radius 3 is 2.27 bits per heavy atom. The second kappa shape index (κ2) is 12.3. The molecule has 40 heavy (non-hydrogen) atoms. The van der Waals surface area contributed by atoms with Gasteiger partial charge in [-0.15, -0.1) is 0 Å². The number of likely N-dealkylation sites (tertiary alicyclic amines) is 2. The number of hydrogen-bond donors (Lipinski definition) is 2. The van der Waals surface area contributed by atoms with Crippen molar-refractivity contribution >= 4 is 5.91 Å². The zero-order valence-corrected chi connectivity index (χ0v) is 25.4. The van der Waals surface area contributed by atoms with Gasteiger partial charge >= 0.3 is 0 Å². The zero-order valence-electron chi connectivity index (χ0n) is 25.4. The van der Waals surface area contributed by atoms with E-state index in [9.17, 15) is 13.6 Å². The van der Waals surface area contributed by atoms with Crippen LogP contribution in [0.2, 0.25) is 0 Å². The smallest absolute Gasteiger partial charge is 0.227 e. The monoisotopic (exact) mass is 554 g/mol. The van der Waals surface area contributed by atoms with E-state index < -0.39 is 11.6 Å². The van der Waals surface area contributed by atoms with Gasteiger partial charge in [0.25, 0.3) is 0 Å². The van der Waals surface area contributed by atoms with Gasteiger partial charge in [0, 0.05) is 62.3 Å². The predicted molar refractivity (Wildman–Crippen MR) is 158 cm³/mol. The van der Waals surface area contributed by atoms with Crippen LogP contribution in [0, 0.1) is 31.4 Å². The summed E-state index contributed by atoms with van der Waals surface area (Å²) in [4.78, 5) is 18.2. The number of nitrogens with one attached hydrogen (secondary N) is 1. The van der Waals surface area contributed by atoms with E-state index in [1.54, 1.807) is 0 Å².